The monoisotopic (exact) mass is 410 g/mol. The number of benzene rings is 1. The Morgan fingerprint density at radius 1 is 0.682 bits per heavy atom. The zero-order valence-electron chi connectivity index (χ0n) is 15.9. The Bertz CT molecular complexity index is 313. The van der Waals surface area contributed by atoms with Crippen molar-refractivity contribution in [2.24, 2.45) is 0 Å². The number of fused-ring (bicyclic) bond motifs is 1. The minimum atomic E-state index is 0. The maximum absolute atomic E-state index is 2.20. The van der Waals surface area contributed by atoms with E-state index in [0.717, 1.165) is 6.42 Å². The van der Waals surface area contributed by atoms with Crippen molar-refractivity contribution in [2.45, 2.75) is 86.5 Å². The molecule has 0 N–H and O–H groups in total. The van der Waals surface area contributed by atoms with Gasteiger partial charge in [-0.1, -0.05) is 116 Å². The Labute approximate surface area is 157 Å². The van der Waals surface area contributed by atoms with Crippen molar-refractivity contribution in [1.29, 1.82) is 0 Å². The average Bonchev–Trinajstić information content (AvgIpc) is 3.04. The quantitative estimate of drug-likeness (QED) is 0.460. The van der Waals surface area contributed by atoms with E-state index in [1.54, 1.807) is 0 Å². The molecule has 0 bridgehead atoms. The van der Waals surface area contributed by atoms with E-state index in [4.69, 9.17) is 0 Å². The molecule has 0 aliphatic heterocycles. The molecule has 1 aliphatic rings. The van der Waals surface area contributed by atoms with Crippen LogP contribution in [0.2, 0.25) is 0 Å². The summed E-state index contributed by atoms with van der Waals surface area (Å²) >= 11 is 0. The maximum Gasteiger partial charge on any atom is 0 e. The van der Waals surface area contributed by atoms with E-state index in [1.807, 2.05) is 0 Å². The van der Waals surface area contributed by atoms with E-state index in [2.05, 4.69) is 78.0 Å². The largest absolute Gasteiger partial charge is 0.0795 e. The van der Waals surface area contributed by atoms with Crippen molar-refractivity contribution < 1.29 is 0 Å². The molecule has 2 rings (SSSR count). The maximum atomic E-state index is 2.20. The fourth-order valence-corrected chi connectivity index (χ4v) is 1.20. The van der Waals surface area contributed by atoms with E-state index in [1.165, 1.54) is 49.7 Å². The van der Waals surface area contributed by atoms with Crippen LogP contribution in [-0.4, -0.2) is 23.9 Å². The normalized spacial score (nSPS) is 9.73. The smallest absolute Gasteiger partial charge is 0 e. The van der Waals surface area contributed by atoms with Crippen LogP contribution in [0.15, 0.2) is 30.3 Å². The van der Waals surface area contributed by atoms with Crippen molar-refractivity contribution in [2.75, 3.05) is 0 Å². The topological polar surface area (TPSA) is 0 Å². The third-order valence-corrected chi connectivity index (χ3v) is 3.19. The summed E-state index contributed by atoms with van der Waals surface area (Å²) in [5.74, 6) is 0. The first-order chi connectivity index (χ1) is 10.2. The van der Waals surface area contributed by atoms with Crippen LogP contribution in [0, 0.1) is 0 Å². The molecule has 0 aromatic heterocycles. The Balaban J connectivity index is -0.000000241. The second-order valence-corrected chi connectivity index (χ2v) is 5.31. The van der Waals surface area contributed by atoms with Crippen LogP contribution < -0.4 is 0 Å². The van der Waals surface area contributed by atoms with Crippen LogP contribution >= 0.6 is 0 Å². The van der Waals surface area contributed by atoms with E-state index in [9.17, 15) is 0 Å². The van der Waals surface area contributed by atoms with Gasteiger partial charge in [0.05, 0.1) is 0 Å². The summed E-state index contributed by atoms with van der Waals surface area (Å²) < 4.78 is 0. The number of hydrogen-bond donors (Lipinski definition) is 0. The molecular formula is C21H38Sn. The molecule has 0 unspecified atom stereocenters. The van der Waals surface area contributed by atoms with Gasteiger partial charge in [-0.25, -0.2) is 0 Å². The first-order valence-electron chi connectivity index (χ1n) is 8.95. The number of rotatable bonds is 3. The second kappa shape index (κ2) is 23.0. The molecule has 0 nitrogen and oxygen atoms in total. The molecule has 1 aromatic carbocycles. The SMILES string of the molecule is C1=Cc2ccccc2C1.CCCC.CCCC.CCCC.[Sn]. The molecule has 0 fully saturated rings. The molecule has 0 saturated heterocycles. The zero-order chi connectivity index (χ0) is 16.3. The molecule has 0 heterocycles. The van der Waals surface area contributed by atoms with Crippen molar-refractivity contribution in [3.63, 3.8) is 0 Å². The van der Waals surface area contributed by atoms with E-state index < -0.39 is 0 Å². The fraction of sp³-hybridized carbons (Fsp3) is 0.619. The Hall–Kier alpha value is -0.241. The molecule has 126 valence electrons. The van der Waals surface area contributed by atoms with Gasteiger partial charge in [0.1, 0.15) is 0 Å². The summed E-state index contributed by atoms with van der Waals surface area (Å²) in [4.78, 5) is 0. The minimum Gasteiger partial charge on any atom is -0.0795 e. The second-order valence-electron chi connectivity index (χ2n) is 5.31. The molecule has 1 aromatic rings. The van der Waals surface area contributed by atoms with Gasteiger partial charge in [-0.05, 0) is 17.5 Å². The standard InChI is InChI=1S/C9H8.3C4H10.Sn/c1-2-5-9-7-3-6-8(9)4-1;3*1-3-4-2;/h1-6H,7H2;3*3-4H2,1-2H3;. The summed E-state index contributed by atoms with van der Waals surface area (Å²) in [6.45, 7) is 13.1. The van der Waals surface area contributed by atoms with Gasteiger partial charge < -0.3 is 0 Å². The summed E-state index contributed by atoms with van der Waals surface area (Å²) in [5.41, 5.74) is 2.84. The number of allylic oxidation sites excluding steroid dienone is 1. The first-order valence-corrected chi connectivity index (χ1v) is 8.95. The van der Waals surface area contributed by atoms with Crippen molar-refractivity contribution in [3.8, 4) is 0 Å². The Morgan fingerprint density at radius 3 is 1.45 bits per heavy atom. The molecule has 4 radical (unpaired) electrons. The van der Waals surface area contributed by atoms with Crippen molar-refractivity contribution in [3.05, 3.63) is 41.5 Å². The van der Waals surface area contributed by atoms with Gasteiger partial charge in [0.25, 0.3) is 0 Å². The zero-order valence-corrected chi connectivity index (χ0v) is 18.8. The predicted molar refractivity (Wildman–Crippen MR) is 107 cm³/mol. The molecule has 0 saturated carbocycles. The van der Waals surface area contributed by atoms with Crippen molar-refractivity contribution in [1.82, 2.24) is 0 Å². The molecular weight excluding hydrogens is 371 g/mol. The van der Waals surface area contributed by atoms with Gasteiger partial charge in [0.15, 0.2) is 0 Å². The molecule has 1 aliphatic carbocycles. The molecule has 1 heteroatoms. The fourth-order valence-electron chi connectivity index (χ4n) is 1.20. The number of hydrogen-bond acceptors (Lipinski definition) is 0. The van der Waals surface area contributed by atoms with Crippen LogP contribution in [0.1, 0.15) is 91.2 Å². The summed E-state index contributed by atoms with van der Waals surface area (Å²) in [5, 5.41) is 0. The summed E-state index contributed by atoms with van der Waals surface area (Å²) in [6.07, 6.45) is 13.4. The van der Waals surface area contributed by atoms with Crippen molar-refractivity contribution >= 4 is 30.0 Å². The van der Waals surface area contributed by atoms with Crippen LogP contribution in [0.3, 0.4) is 0 Å². The minimum absolute atomic E-state index is 0. The summed E-state index contributed by atoms with van der Waals surface area (Å²) in [6, 6.07) is 8.49. The predicted octanol–water partition coefficient (Wildman–Crippen LogP) is 7.29. The van der Waals surface area contributed by atoms with Crippen LogP contribution in [0.25, 0.3) is 6.08 Å². The van der Waals surface area contributed by atoms with Gasteiger partial charge in [-0.3, -0.25) is 0 Å². The molecule has 22 heavy (non-hydrogen) atoms. The summed E-state index contributed by atoms with van der Waals surface area (Å²) in [7, 11) is 0. The van der Waals surface area contributed by atoms with Gasteiger partial charge in [0.2, 0.25) is 0 Å². The van der Waals surface area contributed by atoms with Crippen LogP contribution in [-0.2, 0) is 6.42 Å². The molecule has 0 amide bonds. The first kappa shape index (κ1) is 26.6. The van der Waals surface area contributed by atoms with Gasteiger partial charge >= 0.3 is 0 Å². The van der Waals surface area contributed by atoms with E-state index in [-0.39, 0.29) is 23.9 Å². The van der Waals surface area contributed by atoms with E-state index in [0.29, 0.717) is 0 Å². The Kier molecular flexibility index (Phi) is 27.9. The third kappa shape index (κ3) is 17.8. The van der Waals surface area contributed by atoms with Gasteiger partial charge in [-0.2, -0.15) is 0 Å². The van der Waals surface area contributed by atoms with Crippen LogP contribution in [0.4, 0.5) is 0 Å². The van der Waals surface area contributed by atoms with Crippen LogP contribution in [0.5, 0.6) is 0 Å². The number of unbranched alkanes of at least 4 members (excludes halogenated alkanes) is 3. The van der Waals surface area contributed by atoms with Gasteiger partial charge in [0, 0.05) is 23.9 Å². The van der Waals surface area contributed by atoms with E-state index >= 15 is 0 Å². The molecule has 0 atom stereocenters. The van der Waals surface area contributed by atoms with Gasteiger partial charge in [-0.15, -0.1) is 0 Å². The Morgan fingerprint density at radius 2 is 1.09 bits per heavy atom. The third-order valence-electron chi connectivity index (χ3n) is 3.19. The molecule has 0 spiro atoms. The average molecular weight is 409 g/mol.